The van der Waals surface area contributed by atoms with E-state index >= 15 is 0 Å². The van der Waals surface area contributed by atoms with Crippen LogP contribution in [-0.4, -0.2) is 49.9 Å². The zero-order chi connectivity index (χ0) is 25.8. The summed E-state index contributed by atoms with van der Waals surface area (Å²) in [6.45, 7) is 2.11. The topological polar surface area (TPSA) is 93.7 Å². The Balaban J connectivity index is 1.63. The van der Waals surface area contributed by atoms with Crippen molar-refractivity contribution in [2.24, 2.45) is 5.92 Å². The number of methoxy groups -OCH3 is 1. The van der Waals surface area contributed by atoms with Crippen molar-refractivity contribution in [2.75, 3.05) is 20.3 Å². The molecule has 0 spiro atoms. The molecular weight excluding hydrogens is 465 g/mol. The molecule has 0 aromatic heterocycles. The molecule has 0 fully saturated rings. The van der Waals surface area contributed by atoms with Gasteiger partial charge in [0.25, 0.3) is 0 Å². The summed E-state index contributed by atoms with van der Waals surface area (Å²) in [6.07, 6.45) is -6.80. The summed E-state index contributed by atoms with van der Waals surface area (Å²) in [5.41, 5.74) is 0.818. The van der Waals surface area contributed by atoms with Crippen molar-refractivity contribution in [2.45, 2.75) is 37.9 Å². The second-order valence-electron chi connectivity index (χ2n) is 8.72. The lowest BCUT2D eigenvalue weighted by Crippen LogP contribution is -2.66. The van der Waals surface area contributed by atoms with Gasteiger partial charge in [0.05, 0.1) is 7.11 Å². The highest BCUT2D eigenvalue weighted by atomic mass is 19.4. The Labute approximate surface area is 201 Å². The Bertz CT molecular complexity index is 1060. The first kappa shape index (κ1) is 26.1. The van der Waals surface area contributed by atoms with Gasteiger partial charge < -0.3 is 20.1 Å². The molecule has 35 heavy (non-hydrogen) atoms. The molecule has 0 heterocycles. The molecular formula is C25H27F3N2O5. The molecule has 0 radical (unpaired) electrons. The molecule has 2 aromatic rings. The van der Waals surface area contributed by atoms with Gasteiger partial charge in [-0.1, -0.05) is 62.4 Å². The lowest BCUT2D eigenvalue weighted by Gasteiger charge is -2.35. The Hall–Kier alpha value is -3.56. The first-order valence-electron chi connectivity index (χ1n) is 11.0. The van der Waals surface area contributed by atoms with Crippen LogP contribution in [0.25, 0.3) is 11.1 Å². The number of carbonyl (C=O) groups is 3. The maximum absolute atomic E-state index is 13.8. The second kappa shape index (κ2) is 10.4. The monoisotopic (exact) mass is 492 g/mol. The van der Waals surface area contributed by atoms with Crippen molar-refractivity contribution in [1.82, 2.24) is 10.6 Å². The normalized spacial score (nSPS) is 14.5. The minimum absolute atomic E-state index is 0.0243. The Kier molecular flexibility index (Phi) is 7.72. The average molecular weight is 492 g/mol. The zero-order valence-electron chi connectivity index (χ0n) is 19.6. The van der Waals surface area contributed by atoms with Gasteiger partial charge in [-0.25, -0.2) is 9.59 Å². The third-order valence-electron chi connectivity index (χ3n) is 5.82. The van der Waals surface area contributed by atoms with Crippen LogP contribution in [-0.2, 0) is 19.1 Å². The molecule has 2 N–H and O–H groups in total. The number of hydrogen-bond acceptors (Lipinski definition) is 5. The zero-order valence-corrected chi connectivity index (χ0v) is 19.6. The summed E-state index contributed by atoms with van der Waals surface area (Å²) in [6, 6.07) is 15.4. The van der Waals surface area contributed by atoms with Crippen molar-refractivity contribution in [1.29, 1.82) is 0 Å². The molecule has 0 aliphatic heterocycles. The number of halogens is 3. The number of nitrogens with one attached hydrogen (secondary N) is 2. The molecule has 0 saturated carbocycles. The van der Waals surface area contributed by atoms with Gasteiger partial charge >= 0.3 is 18.2 Å². The molecule has 1 aliphatic carbocycles. The van der Waals surface area contributed by atoms with Crippen LogP contribution in [0.2, 0.25) is 0 Å². The number of carbonyl (C=O) groups excluding carboxylic acids is 3. The molecule has 1 aliphatic rings. The number of rotatable bonds is 8. The summed E-state index contributed by atoms with van der Waals surface area (Å²) in [4.78, 5) is 36.6. The Morgan fingerprint density at radius 2 is 1.51 bits per heavy atom. The van der Waals surface area contributed by atoms with Gasteiger partial charge in [-0.2, -0.15) is 13.2 Å². The van der Waals surface area contributed by atoms with Crippen LogP contribution >= 0.6 is 0 Å². The average Bonchev–Trinajstić information content (AvgIpc) is 3.13. The number of benzene rings is 2. The van der Waals surface area contributed by atoms with Crippen LogP contribution < -0.4 is 10.6 Å². The van der Waals surface area contributed by atoms with E-state index in [0.717, 1.165) is 29.4 Å². The minimum Gasteiger partial charge on any atom is -0.467 e. The van der Waals surface area contributed by atoms with Gasteiger partial charge in [-0.3, -0.25) is 4.79 Å². The number of alkyl halides is 3. The molecule has 7 nitrogen and oxygen atoms in total. The minimum atomic E-state index is -5.11. The number of hydrogen-bond donors (Lipinski definition) is 2. The summed E-state index contributed by atoms with van der Waals surface area (Å²) < 4.78 is 51.1. The quantitative estimate of drug-likeness (QED) is 0.540. The first-order valence-corrected chi connectivity index (χ1v) is 11.0. The van der Waals surface area contributed by atoms with E-state index in [-0.39, 0.29) is 12.5 Å². The van der Waals surface area contributed by atoms with E-state index in [2.05, 4.69) is 10.1 Å². The number of ether oxygens (including phenoxy) is 2. The summed E-state index contributed by atoms with van der Waals surface area (Å²) in [7, 11) is 0.810. The van der Waals surface area contributed by atoms with Crippen molar-refractivity contribution in [3.05, 3.63) is 59.7 Å². The molecule has 0 bridgehead atoms. The predicted octanol–water partition coefficient (Wildman–Crippen LogP) is 4.16. The van der Waals surface area contributed by atoms with Crippen molar-refractivity contribution in [3.63, 3.8) is 0 Å². The fourth-order valence-corrected chi connectivity index (χ4v) is 4.36. The Morgan fingerprint density at radius 3 is 2.00 bits per heavy atom. The van der Waals surface area contributed by atoms with Gasteiger partial charge in [0.15, 0.2) is 0 Å². The SMILES string of the molecule is COC(=O)[C@](CC(C)C)(NC(=O)CNC(=O)OCC1c2ccccc2-c2ccccc21)C(F)(F)F. The van der Waals surface area contributed by atoms with Gasteiger partial charge in [0.1, 0.15) is 13.2 Å². The van der Waals surface area contributed by atoms with Crippen LogP contribution in [0.3, 0.4) is 0 Å². The number of alkyl carbamates (subject to hydrolysis) is 1. The van der Waals surface area contributed by atoms with Gasteiger partial charge in [0, 0.05) is 5.92 Å². The highest BCUT2D eigenvalue weighted by Crippen LogP contribution is 2.44. The van der Waals surface area contributed by atoms with Crippen LogP contribution in [0.5, 0.6) is 0 Å². The van der Waals surface area contributed by atoms with E-state index in [4.69, 9.17) is 4.74 Å². The summed E-state index contributed by atoms with van der Waals surface area (Å²) >= 11 is 0. The molecule has 2 amide bonds. The van der Waals surface area contributed by atoms with Crippen molar-refractivity contribution >= 4 is 18.0 Å². The molecule has 0 unspecified atom stereocenters. The third kappa shape index (κ3) is 5.41. The summed E-state index contributed by atoms with van der Waals surface area (Å²) in [5.74, 6) is -3.65. The van der Waals surface area contributed by atoms with Crippen molar-refractivity contribution in [3.8, 4) is 11.1 Å². The molecule has 2 aromatic carbocycles. The van der Waals surface area contributed by atoms with Gasteiger partial charge in [-0.15, -0.1) is 0 Å². The lowest BCUT2D eigenvalue weighted by atomic mass is 9.87. The fraction of sp³-hybridized carbons (Fsp3) is 0.400. The molecule has 188 valence electrons. The van der Waals surface area contributed by atoms with E-state index in [0.29, 0.717) is 0 Å². The molecule has 3 rings (SSSR count). The number of fused-ring (bicyclic) bond motifs is 3. The fourth-order valence-electron chi connectivity index (χ4n) is 4.36. The largest absolute Gasteiger partial charge is 0.467 e. The summed E-state index contributed by atoms with van der Waals surface area (Å²) in [5, 5.41) is 3.87. The van der Waals surface area contributed by atoms with Gasteiger partial charge in [0.2, 0.25) is 11.4 Å². The number of esters is 1. The molecule has 10 heteroatoms. The first-order chi connectivity index (χ1) is 16.5. The van der Waals surface area contributed by atoms with E-state index < -0.39 is 48.6 Å². The van der Waals surface area contributed by atoms with E-state index in [1.54, 1.807) is 5.32 Å². The van der Waals surface area contributed by atoms with E-state index in [1.165, 1.54) is 13.8 Å². The smallest absolute Gasteiger partial charge is 0.422 e. The second-order valence-corrected chi connectivity index (χ2v) is 8.72. The third-order valence-corrected chi connectivity index (χ3v) is 5.82. The van der Waals surface area contributed by atoms with Crippen LogP contribution in [0.15, 0.2) is 48.5 Å². The van der Waals surface area contributed by atoms with Crippen LogP contribution in [0.4, 0.5) is 18.0 Å². The predicted molar refractivity (Wildman–Crippen MR) is 121 cm³/mol. The van der Waals surface area contributed by atoms with Crippen LogP contribution in [0, 0.1) is 5.92 Å². The van der Waals surface area contributed by atoms with Gasteiger partial charge in [-0.05, 0) is 34.6 Å². The van der Waals surface area contributed by atoms with Crippen molar-refractivity contribution < 1.29 is 37.0 Å². The molecule has 0 saturated heterocycles. The lowest BCUT2D eigenvalue weighted by molar-refractivity contribution is -0.216. The molecule has 1 atom stereocenters. The van der Waals surface area contributed by atoms with E-state index in [9.17, 15) is 27.6 Å². The number of amides is 2. The maximum Gasteiger partial charge on any atom is 0.422 e. The highest BCUT2D eigenvalue weighted by molar-refractivity contribution is 5.90. The van der Waals surface area contributed by atoms with E-state index in [1.807, 2.05) is 48.5 Å². The van der Waals surface area contributed by atoms with Crippen LogP contribution in [0.1, 0.15) is 37.3 Å². The standard InChI is InChI=1S/C25H27F3N2O5/c1-15(2)12-24(22(32)34-3,25(26,27)28)30-21(31)13-29-23(33)35-14-20-18-10-6-4-8-16(18)17-9-5-7-11-19(17)20/h4-11,15,20H,12-14H2,1-3H3,(H,29,33)(H,30,31)/t24-/m0/s1. The maximum atomic E-state index is 13.8. The highest BCUT2D eigenvalue weighted by Gasteiger charge is 2.62. The Morgan fingerprint density at radius 1 is 0.971 bits per heavy atom.